The molecule has 0 heterocycles. The molecule has 0 fully saturated rings. The van der Waals surface area contributed by atoms with Crippen molar-refractivity contribution in [3.8, 4) is 0 Å². The van der Waals surface area contributed by atoms with E-state index in [0.717, 1.165) is 5.69 Å². The quantitative estimate of drug-likeness (QED) is 0.559. The number of thiocarbonyl (C=S) groups is 1. The van der Waals surface area contributed by atoms with E-state index in [1.54, 1.807) is 0 Å². The number of hydrogen-bond donors (Lipinski definition) is 3. The fraction of sp³-hybridized carbons (Fsp3) is 0.333. The second-order valence-corrected chi connectivity index (χ2v) is 4.14. The van der Waals surface area contributed by atoms with Gasteiger partial charge in [-0.1, -0.05) is 12.1 Å². The number of rotatable bonds is 4. The van der Waals surface area contributed by atoms with Crippen molar-refractivity contribution in [2.75, 3.05) is 18.4 Å². The highest BCUT2D eigenvalue weighted by Crippen LogP contribution is 2.08. The van der Waals surface area contributed by atoms with Gasteiger partial charge in [-0.05, 0) is 36.8 Å². The fourth-order valence-corrected chi connectivity index (χ4v) is 1.53. The third-order valence-electron chi connectivity index (χ3n) is 2.06. The van der Waals surface area contributed by atoms with Gasteiger partial charge in [-0.3, -0.25) is 4.79 Å². The number of hydrogen-bond acceptors (Lipinski definition) is 2. The first-order chi connectivity index (χ1) is 8.08. The van der Waals surface area contributed by atoms with E-state index in [0.29, 0.717) is 18.2 Å². The molecule has 0 aliphatic rings. The summed E-state index contributed by atoms with van der Waals surface area (Å²) in [6.45, 7) is 4.68. The van der Waals surface area contributed by atoms with Crippen molar-refractivity contribution in [2.45, 2.75) is 13.8 Å². The molecule has 17 heavy (non-hydrogen) atoms. The van der Waals surface area contributed by atoms with E-state index in [9.17, 15) is 4.79 Å². The zero-order chi connectivity index (χ0) is 12.7. The van der Waals surface area contributed by atoms with Crippen LogP contribution in [-0.2, 0) is 4.79 Å². The highest BCUT2D eigenvalue weighted by molar-refractivity contribution is 7.80. The maximum Gasteiger partial charge on any atom is 0.216 e. The van der Waals surface area contributed by atoms with E-state index in [4.69, 9.17) is 12.2 Å². The normalized spacial score (nSPS) is 9.53. The zero-order valence-corrected chi connectivity index (χ0v) is 10.9. The Hall–Kier alpha value is -1.62. The molecule has 0 spiro atoms. The Bertz CT molecular complexity index is 406. The van der Waals surface area contributed by atoms with Crippen LogP contribution >= 0.6 is 12.2 Å². The lowest BCUT2D eigenvalue weighted by Crippen LogP contribution is -2.35. The zero-order valence-electron chi connectivity index (χ0n) is 10.0. The summed E-state index contributed by atoms with van der Waals surface area (Å²) in [6.07, 6.45) is 0. The lowest BCUT2D eigenvalue weighted by atomic mass is 10.2. The number of carbonyl (C=O) groups excluding carboxylic acids is 1. The standard InChI is InChI=1S/C12H17N3OS/c1-9-4-3-5-11(8-9)15-12(17)14-7-6-13-10(2)16/h3-5,8H,6-7H2,1-2H3,(H,13,16)(H2,14,15,17). The molecule has 0 atom stereocenters. The van der Waals surface area contributed by atoms with E-state index in [1.165, 1.54) is 12.5 Å². The molecule has 0 aliphatic carbocycles. The Morgan fingerprint density at radius 3 is 2.65 bits per heavy atom. The van der Waals surface area contributed by atoms with E-state index in [-0.39, 0.29) is 5.91 Å². The molecule has 5 heteroatoms. The molecule has 0 radical (unpaired) electrons. The van der Waals surface area contributed by atoms with Crippen molar-refractivity contribution < 1.29 is 4.79 Å². The average molecular weight is 251 g/mol. The van der Waals surface area contributed by atoms with Crippen LogP contribution in [0.3, 0.4) is 0 Å². The molecule has 0 saturated carbocycles. The minimum atomic E-state index is -0.0376. The number of benzene rings is 1. The number of anilines is 1. The van der Waals surface area contributed by atoms with Crippen LogP contribution in [0.4, 0.5) is 5.69 Å². The molecule has 0 unspecified atom stereocenters. The van der Waals surface area contributed by atoms with Crippen molar-refractivity contribution >= 4 is 28.9 Å². The van der Waals surface area contributed by atoms with Crippen LogP contribution in [0.5, 0.6) is 0 Å². The van der Waals surface area contributed by atoms with Crippen LogP contribution in [-0.4, -0.2) is 24.1 Å². The van der Waals surface area contributed by atoms with Gasteiger partial charge in [0.05, 0.1) is 0 Å². The molecule has 1 rings (SSSR count). The summed E-state index contributed by atoms with van der Waals surface area (Å²) in [5, 5.41) is 9.33. The molecule has 1 aromatic carbocycles. The second-order valence-electron chi connectivity index (χ2n) is 3.73. The Balaban J connectivity index is 2.27. The summed E-state index contributed by atoms with van der Waals surface area (Å²) in [5.41, 5.74) is 2.14. The van der Waals surface area contributed by atoms with Crippen molar-refractivity contribution in [3.05, 3.63) is 29.8 Å². The summed E-state index contributed by atoms with van der Waals surface area (Å²) < 4.78 is 0. The monoisotopic (exact) mass is 251 g/mol. The predicted molar refractivity (Wildman–Crippen MR) is 74.1 cm³/mol. The van der Waals surface area contributed by atoms with Gasteiger partial charge in [-0.25, -0.2) is 0 Å². The maximum atomic E-state index is 10.6. The molecular formula is C12H17N3OS. The van der Waals surface area contributed by atoms with Crippen molar-refractivity contribution in [2.24, 2.45) is 0 Å². The molecule has 0 saturated heterocycles. The Labute approximate surface area is 107 Å². The fourth-order valence-electron chi connectivity index (χ4n) is 1.31. The number of nitrogens with one attached hydrogen (secondary N) is 3. The van der Waals surface area contributed by atoms with Crippen LogP contribution in [0.1, 0.15) is 12.5 Å². The molecule has 4 nitrogen and oxygen atoms in total. The third-order valence-corrected chi connectivity index (χ3v) is 2.31. The van der Waals surface area contributed by atoms with Crippen LogP contribution in [0.25, 0.3) is 0 Å². The predicted octanol–water partition coefficient (Wildman–Crippen LogP) is 1.42. The molecule has 0 aliphatic heterocycles. The van der Waals surface area contributed by atoms with E-state index >= 15 is 0 Å². The summed E-state index contributed by atoms with van der Waals surface area (Å²) in [6, 6.07) is 7.96. The molecule has 0 bridgehead atoms. The highest BCUT2D eigenvalue weighted by Gasteiger charge is 1.97. The molecule has 0 aromatic heterocycles. The van der Waals surface area contributed by atoms with E-state index < -0.39 is 0 Å². The van der Waals surface area contributed by atoms with Gasteiger partial charge in [0.25, 0.3) is 0 Å². The molecule has 92 valence electrons. The van der Waals surface area contributed by atoms with Crippen LogP contribution in [0.15, 0.2) is 24.3 Å². The topological polar surface area (TPSA) is 53.2 Å². The van der Waals surface area contributed by atoms with Gasteiger partial charge in [-0.2, -0.15) is 0 Å². The molecular weight excluding hydrogens is 234 g/mol. The van der Waals surface area contributed by atoms with Crippen molar-refractivity contribution in [3.63, 3.8) is 0 Å². The van der Waals surface area contributed by atoms with Gasteiger partial charge in [-0.15, -0.1) is 0 Å². The second kappa shape index (κ2) is 6.85. The third kappa shape index (κ3) is 5.87. The van der Waals surface area contributed by atoms with E-state index in [1.807, 2.05) is 31.2 Å². The van der Waals surface area contributed by atoms with Gasteiger partial charge in [0, 0.05) is 25.7 Å². The summed E-state index contributed by atoms with van der Waals surface area (Å²) in [4.78, 5) is 10.6. The van der Waals surface area contributed by atoms with Gasteiger partial charge in [0.15, 0.2) is 5.11 Å². The minimum Gasteiger partial charge on any atom is -0.361 e. The summed E-state index contributed by atoms with van der Waals surface area (Å²) >= 11 is 5.12. The Morgan fingerprint density at radius 2 is 2.00 bits per heavy atom. The van der Waals surface area contributed by atoms with Crippen LogP contribution in [0, 0.1) is 6.92 Å². The molecule has 1 aromatic rings. The summed E-state index contributed by atoms with van der Waals surface area (Å²) in [5.74, 6) is -0.0376. The Kier molecular flexibility index (Phi) is 5.42. The maximum absolute atomic E-state index is 10.6. The van der Waals surface area contributed by atoms with Gasteiger partial charge < -0.3 is 16.0 Å². The molecule has 3 N–H and O–H groups in total. The first kappa shape index (κ1) is 13.4. The largest absolute Gasteiger partial charge is 0.361 e. The highest BCUT2D eigenvalue weighted by atomic mass is 32.1. The first-order valence-corrected chi connectivity index (χ1v) is 5.84. The minimum absolute atomic E-state index is 0.0376. The SMILES string of the molecule is CC(=O)NCCNC(=S)Nc1cccc(C)c1. The van der Waals surface area contributed by atoms with Gasteiger partial charge in [0.1, 0.15) is 0 Å². The summed E-state index contributed by atoms with van der Waals surface area (Å²) in [7, 11) is 0. The number of carbonyl (C=O) groups is 1. The van der Waals surface area contributed by atoms with Crippen LogP contribution in [0.2, 0.25) is 0 Å². The van der Waals surface area contributed by atoms with Crippen molar-refractivity contribution in [1.82, 2.24) is 10.6 Å². The number of aryl methyl sites for hydroxylation is 1. The van der Waals surface area contributed by atoms with Crippen molar-refractivity contribution in [1.29, 1.82) is 0 Å². The van der Waals surface area contributed by atoms with Gasteiger partial charge >= 0.3 is 0 Å². The lowest BCUT2D eigenvalue weighted by Gasteiger charge is -2.10. The van der Waals surface area contributed by atoms with E-state index in [2.05, 4.69) is 16.0 Å². The first-order valence-electron chi connectivity index (χ1n) is 5.44. The Morgan fingerprint density at radius 1 is 1.29 bits per heavy atom. The number of amides is 1. The lowest BCUT2D eigenvalue weighted by molar-refractivity contribution is -0.118. The van der Waals surface area contributed by atoms with Gasteiger partial charge in [0.2, 0.25) is 5.91 Å². The average Bonchev–Trinajstić information content (AvgIpc) is 2.24. The smallest absolute Gasteiger partial charge is 0.216 e. The van der Waals surface area contributed by atoms with Crippen LogP contribution < -0.4 is 16.0 Å². The molecule has 1 amide bonds.